The van der Waals surface area contributed by atoms with Crippen LogP contribution in [0, 0.1) is 6.92 Å². The number of rotatable bonds is 3. The predicted octanol–water partition coefficient (Wildman–Crippen LogP) is 4.90. The second kappa shape index (κ2) is 7.04. The highest BCUT2D eigenvalue weighted by atomic mass is 19.4. The number of hydrogen-bond donors (Lipinski definition) is 1. The lowest BCUT2D eigenvalue weighted by Gasteiger charge is -2.17. The van der Waals surface area contributed by atoms with E-state index in [1.807, 2.05) is 6.92 Å². The van der Waals surface area contributed by atoms with E-state index in [1.165, 1.54) is 0 Å². The highest BCUT2D eigenvalue weighted by Gasteiger charge is 2.39. The standard InChI is InChI=1S/C22H20F3N5O2/c1-12-14(18-27-28-20(32-18)21(2)10-6-7-11-21)19(31)30-17(26-12)15(13-8-4-3-5-9-13)16(29-30)22(23,24)25/h3-5,8-9,29H,6-7,10-11H2,1-2H3. The number of alkyl halides is 3. The van der Waals surface area contributed by atoms with Gasteiger partial charge in [0.1, 0.15) is 11.3 Å². The molecule has 1 aliphatic rings. The zero-order valence-corrected chi connectivity index (χ0v) is 17.5. The molecule has 7 nitrogen and oxygen atoms in total. The van der Waals surface area contributed by atoms with Crippen LogP contribution in [0.5, 0.6) is 0 Å². The van der Waals surface area contributed by atoms with E-state index >= 15 is 0 Å². The molecule has 0 amide bonds. The van der Waals surface area contributed by atoms with Crippen LogP contribution >= 0.6 is 0 Å². The highest BCUT2D eigenvalue weighted by molar-refractivity contribution is 5.81. The molecule has 5 rings (SSSR count). The number of aryl methyl sites for hydroxylation is 1. The quantitative estimate of drug-likeness (QED) is 0.487. The maximum Gasteiger partial charge on any atom is 0.433 e. The van der Waals surface area contributed by atoms with E-state index in [2.05, 4.69) is 20.3 Å². The summed E-state index contributed by atoms with van der Waals surface area (Å²) in [6.45, 7) is 3.58. The molecule has 0 unspecified atom stereocenters. The van der Waals surface area contributed by atoms with E-state index in [9.17, 15) is 18.0 Å². The number of aromatic amines is 1. The van der Waals surface area contributed by atoms with E-state index in [1.54, 1.807) is 37.3 Å². The van der Waals surface area contributed by atoms with Crippen LogP contribution in [0.4, 0.5) is 13.2 Å². The van der Waals surface area contributed by atoms with Crippen molar-refractivity contribution < 1.29 is 17.6 Å². The van der Waals surface area contributed by atoms with Gasteiger partial charge in [-0.15, -0.1) is 10.2 Å². The van der Waals surface area contributed by atoms with Crippen LogP contribution in [-0.4, -0.2) is 24.8 Å². The summed E-state index contributed by atoms with van der Waals surface area (Å²) in [7, 11) is 0. The minimum Gasteiger partial charge on any atom is -0.420 e. The first-order chi connectivity index (χ1) is 15.2. The molecule has 166 valence electrons. The van der Waals surface area contributed by atoms with E-state index < -0.39 is 17.4 Å². The molecule has 32 heavy (non-hydrogen) atoms. The lowest BCUT2D eigenvalue weighted by atomic mass is 9.89. The van der Waals surface area contributed by atoms with Gasteiger partial charge in [0.25, 0.3) is 11.4 Å². The zero-order chi connectivity index (χ0) is 22.7. The molecular weight excluding hydrogens is 423 g/mol. The molecule has 1 aromatic carbocycles. The fourth-order valence-corrected chi connectivity index (χ4v) is 4.45. The van der Waals surface area contributed by atoms with Crippen molar-refractivity contribution in [1.29, 1.82) is 0 Å². The molecular formula is C22H20F3N5O2. The van der Waals surface area contributed by atoms with Crippen LogP contribution in [0.1, 0.15) is 49.9 Å². The summed E-state index contributed by atoms with van der Waals surface area (Å²) in [5.74, 6) is 0.392. The van der Waals surface area contributed by atoms with E-state index in [0.717, 1.165) is 30.2 Å². The Bertz CT molecular complexity index is 1360. The number of nitrogens with zero attached hydrogens (tertiary/aromatic N) is 4. The van der Waals surface area contributed by atoms with Gasteiger partial charge < -0.3 is 4.42 Å². The Balaban J connectivity index is 1.73. The summed E-state index contributed by atoms with van der Waals surface area (Å²) in [5, 5.41) is 10.4. The SMILES string of the molecule is Cc1nc2c(-c3ccccc3)c(C(F)(F)F)[nH]n2c(=O)c1-c1nnc(C2(C)CCCC2)o1. The van der Waals surface area contributed by atoms with Gasteiger partial charge in [-0.3, -0.25) is 9.89 Å². The Hall–Kier alpha value is -3.43. The van der Waals surface area contributed by atoms with Crippen molar-refractivity contribution >= 4 is 5.65 Å². The van der Waals surface area contributed by atoms with Crippen molar-refractivity contribution in [2.24, 2.45) is 0 Å². The first-order valence-electron chi connectivity index (χ1n) is 10.3. The Morgan fingerprint density at radius 3 is 2.44 bits per heavy atom. The van der Waals surface area contributed by atoms with Crippen LogP contribution < -0.4 is 5.56 Å². The van der Waals surface area contributed by atoms with Crippen LogP contribution in [0.25, 0.3) is 28.2 Å². The number of aromatic nitrogens is 5. The molecule has 3 aromatic heterocycles. The molecule has 0 atom stereocenters. The van der Waals surface area contributed by atoms with E-state index in [-0.39, 0.29) is 33.8 Å². The molecule has 10 heteroatoms. The van der Waals surface area contributed by atoms with Gasteiger partial charge in [0, 0.05) is 5.41 Å². The highest BCUT2D eigenvalue weighted by Crippen LogP contribution is 2.41. The summed E-state index contributed by atoms with van der Waals surface area (Å²) < 4.78 is 48.1. The molecule has 0 radical (unpaired) electrons. The molecule has 1 saturated carbocycles. The van der Waals surface area contributed by atoms with Crippen molar-refractivity contribution in [3.05, 3.63) is 58.0 Å². The molecule has 0 aliphatic heterocycles. The van der Waals surface area contributed by atoms with E-state index in [4.69, 9.17) is 4.42 Å². The Morgan fingerprint density at radius 2 is 1.78 bits per heavy atom. The minimum atomic E-state index is -4.71. The molecule has 1 aliphatic carbocycles. The zero-order valence-electron chi connectivity index (χ0n) is 17.5. The second-order valence-corrected chi connectivity index (χ2v) is 8.44. The van der Waals surface area contributed by atoms with Gasteiger partial charge >= 0.3 is 6.18 Å². The Kier molecular flexibility index (Phi) is 4.51. The van der Waals surface area contributed by atoms with Gasteiger partial charge in [-0.25, -0.2) is 4.98 Å². The normalized spacial score (nSPS) is 16.2. The first kappa shape index (κ1) is 20.5. The van der Waals surface area contributed by atoms with Crippen molar-refractivity contribution in [1.82, 2.24) is 24.8 Å². The van der Waals surface area contributed by atoms with Gasteiger partial charge in [0.15, 0.2) is 5.65 Å². The van der Waals surface area contributed by atoms with Crippen molar-refractivity contribution in [2.75, 3.05) is 0 Å². The molecule has 0 saturated heterocycles. The molecule has 3 heterocycles. The Labute approximate surface area is 180 Å². The van der Waals surface area contributed by atoms with Gasteiger partial charge in [-0.2, -0.15) is 17.7 Å². The van der Waals surface area contributed by atoms with Crippen LogP contribution in [0.3, 0.4) is 0 Å². The number of benzene rings is 1. The first-order valence-corrected chi connectivity index (χ1v) is 10.3. The fraction of sp³-hybridized carbons (Fsp3) is 0.364. The maximum absolute atomic E-state index is 13.8. The van der Waals surface area contributed by atoms with Gasteiger partial charge in [0.05, 0.1) is 11.3 Å². The van der Waals surface area contributed by atoms with E-state index in [0.29, 0.717) is 11.5 Å². The topological polar surface area (TPSA) is 89.1 Å². The van der Waals surface area contributed by atoms with Gasteiger partial charge in [-0.05, 0) is 25.3 Å². The summed E-state index contributed by atoms with van der Waals surface area (Å²) in [6, 6.07) is 8.04. The second-order valence-electron chi connectivity index (χ2n) is 8.44. The third-order valence-electron chi connectivity index (χ3n) is 6.17. The predicted molar refractivity (Wildman–Crippen MR) is 110 cm³/mol. The molecule has 1 N–H and O–H groups in total. The number of fused-ring (bicyclic) bond motifs is 1. The van der Waals surface area contributed by atoms with Crippen molar-refractivity contribution in [3.8, 4) is 22.6 Å². The van der Waals surface area contributed by atoms with Crippen LogP contribution in [-0.2, 0) is 11.6 Å². The lowest BCUT2D eigenvalue weighted by Crippen LogP contribution is -2.20. The summed E-state index contributed by atoms with van der Waals surface area (Å²) >= 11 is 0. The molecule has 0 spiro atoms. The Morgan fingerprint density at radius 1 is 1.09 bits per heavy atom. The number of nitrogens with one attached hydrogen (secondary N) is 1. The fourth-order valence-electron chi connectivity index (χ4n) is 4.45. The number of halogens is 3. The molecule has 4 aromatic rings. The van der Waals surface area contributed by atoms with Crippen molar-refractivity contribution in [2.45, 2.75) is 51.1 Å². The largest absolute Gasteiger partial charge is 0.433 e. The molecule has 1 fully saturated rings. The van der Waals surface area contributed by atoms with Gasteiger partial charge in [-0.1, -0.05) is 50.1 Å². The summed E-state index contributed by atoms with van der Waals surface area (Å²) in [5.41, 5.74) is -1.84. The molecule has 0 bridgehead atoms. The third-order valence-corrected chi connectivity index (χ3v) is 6.17. The smallest absolute Gasteiger partial charge is 0.420 e. The number of hydrogen-bond acceptors (Lipinski definition) is 5. The number of H-pyrrole nitrogens is 1. The third kappa shape index (κ3) is 3.12. The average Bonchev–Trinajstić information content (AvgIpc) is 3.47. The summed E-state index contributed by atoms with van der Waals surface area (Å²) in [6.07, 6.45) is -0.817. The lowest BCUT2D eigenvalue weighted by molar-refractivity contribution is -0.140. The minimum absolute atomic E-state index is 0.0163. The van der Waals surface area contributed by atoms with Crippen LogP contribution in [0.15, 0.2) is 39.5 Å². The van der Waals surface area contributed by atoms with Crippen molar-refractivity contribution in [3.63, 3.8) is 0 Å². The van der Waals surface area contributed by atoms with Crippen LogP contribution in [0.2, 0.25) is 0 Å². The van der Waals surface area contributed by atoms with Gasteiger partial charge in [0.2, 0.25) is 5.89 Å². The maximum atomic E-state index is 13.8. The average molecular weight is 443 g/mol. The summed E-state index contributed by atoms with van der Waals surface area (Å²) in [4.78, 5) is 17.6. The monoisotopic (exact) mass is 443 g/mol.